The van der Waals surface area contributed by atoms with E-state index in [1.807, 2.05) is 30.3 Å². The number of nitrogen functional groups attached to an aromatic ring is 1. The molecule has 0 aliphatic rings. The van der Waals surface area contributed by atoms with Gasteiger partial charge < -0.3 is 11.1 Å². The van der Waals surface area contributed by atoms with Gasteiger partial charge in [-0.3, -0.25) is 0 Å². The lowest BCUT2D eigenvalue weighted by Crippen LogP contribution is -2.00. The van der Waals surface area contributed by atoms with Gasteiger partial charge in [-0.2, -0.15) is 4.98 Å². The highest BCUT2D eigenvalue weighted by Gasteiger charge is 2.01. The zero-order valence-electron chi connectivity index (χ0n) is 7.81. The third-order valence-corrected chi connectivity index (χ3v) is 2.09. The number of anilines is 3. The summed E-state index contributed by atoms with van der Waals surface area (Å²) in [5.41, 5.74) is 6.45. The van der Waals surface area contributed by atoms with Crippen LogP contribution in [0.4, 0.5) is 17.5 Å². The fraction of sp³-hybridized carbons (Fsp3) is 0. The second kappa shape index (κ2) is 4.14. The molecule has 0 amide bonds. The summed E-state index contributed by atoms with van der Waals surface area (Å²) in [4.78, 5) is 7.99. The van der Waals surface area contributed by atoms with Gasteiger partial charge in [-0.05, 0) is 12.1 Å². The van der Waals surface area contributed by atoms with E-state index in [9.17, 15) is 0 Å². The van der Waals surface area contributed by atoms with Crippen molar-refractivity contribution in [3.05, 3.63) is 41.6 Å². The molecular weight excluding hydrogens is 212 g/mol. The number of aromatic nitrogens is 2. The summed E-state index contributed by atoms with van der Waals surface area (Å²) < 4.78 is 0. The van der Waals surface area contributed by atoms with Crippen LogP contribution in [0.2, 0.25) is 5.02 Å². The van der Waals surface area contributed by atoms with Gasteiger partial charge in [0.05, 0.1) is 6.20 Å². The van der Waals surface area contributed by atoms with Crippen molar-refractivity contribution in [3.8, 4) is 0 Å². The Morgan fingerprint density at radius 1 is 1.20 bits per heavy atom. The Bertz CT molecular complexity index is 458. The van der Waals surface area contributed by atoms with Crippen molar-refractivity contribution < 1.29 is 0 Å². The Kier molecular flexibility index (Phi) is 2.69. The lowest BCUT2D eigenvalue weighted by atomic mass is 10.3. The second-order valence-corrected chi connectivity index (χ2v) is 3.33. The molecule has 0 spiro atoms. The molecule has 3 N–H and O–H groups in total. The first-order valence-corrected chi connectivity index (χ1v) is 4.73. The van der Waals surface area contributed by atoms with Gasteiger partial charge >= 0.3 is 0 Å². The van der Waals surface area contributed by atoms with Crippen LogP contribution in [0.15, 0.2) is 36.5 Å². The average Bonchev–Trinajstić information content (AvgIpc) is 2.25. The Morgan fingerprint density at radius 3 is 2.60 bits per heavy atom. The minimum atomic E-state index is 0.269. The lowest BCUT2D eigenvalue weighted by Gasteiger charge is -2.04. The first-order chi connectivity index (χ1) is 7.25. The Balaban J connectivity index is 2.22. The number of para-hydroxylation sites is 1. The SMILES string of the molecule is Nc1nc(Nc2ccccc2)ncc1Cl. The van der Waals surface area contributed by atoms with E-state index in [4.69, 9.17) is 17.3 Å². The Morgan fingerprint density at radius 2 is 1.93 bits per heavy atom. The summed E-state index contributed by atoms with van der Waals surface area (Å²) in [6.07, 6.45) is 1.47. The molecule has 4 nitrogen and oxygen atoms in total. The van der Waals surface area contributed by atoms with Crippen LogP contribution in [0.25, 0.3) is 0 Å². The summed E-state index contributed by atoms with van der Waals surface area (Å²) in [6, 6.07) is 9.59. The highest BCUT2D eigenvalue weighted by molar-refractivity contribution is 6.32. The predicted octanol–water partition coefficient (Wildman–Crippen LogP) is 2.46. The van der Waals surface area contributed by atoms with Crippen LogP contribution >= 0.6 is 11.6 Å². The average molecular weight is 221 g/mol. The number of nitrogens with one attached hydrogen (secondary N) is 1. The predicted molar refractivity (Wildman–Crippen MR) is 61.2 cm³/mol. The standard InChI is InChI=1S/C10H9ClN4/c11-8-6-13-10(15-9(8)12)14-7-4-2-1-3-5-7/h1-6H,(H3,12,13,14,15). The van der Waals surface area contributed by atoms with Crippen molar-refractivity contribution in [1.29, 1.82) is 0 Å². The van der Waals surface area contributed by atoms with Crippen LogP contribution in [0.1, 0.15) is 0 Å². The molecule has 2 aromatic rings. The smallest absolute Gasteiger partial charge is 0.229 e. The Hall–Kier alpha value is -1.81. The summed E-state index contributed by atoms with van der Waals surface area (Å²) >= 11 is 5.71. The number of nitrogens with two attached hydrogens (primary N) is 1. The quantitative estimate of drug-likeness (QED) is 0.816. The van der Waals surface area contributed by atoms with Crippen LogP contribution in [0.3, 0.4) is 0 Å². The Labute approximate surface area is 92.1 Å². The number of benzene rings is 1. The minimum absolute atomic E-state index is 0.269. The number of halogens is 1. The zero-order chi connectivity index (χ0) is 10.7. The van der Waals surface area contributed by atoms with E-state index in [0.717, 1.165) is 5.69 Å². The molecule has 1 aromatic heterocycles. The van der Waals surface area contributed by atoms with Crippen LogP contribution in [-0.2, 0) is 0 Å². The van der Waals surface area contributed by atoms with E-state index in [2.05, 4.69) is 15.3 Å². The van der Waals surface area contributed by atoms with Gasteiger partial charge in [0, 0.05) is 5.69 Å². The van der Waals surface area contributed by atoms with Crippen LogP contribution in [-0.4, -0.2) is 9.97 Å². The second-order valence-electron chi connectivity index (χ2n) is 2.92. The van der Waals surface area contributed by atoms with E-state index >= 15 is 0 Å². The first-order valence-electron chi connectivity index (χ1n) is 4.36. The topological polar surface area (TPSA) is 63.8 Å². The third kappa shape index (κ3) is 2.35. The van der Waals surface area contributed by atoms with E-state index < -0.39 is 0 Å². The normalized spacial score (nSPS) is 9.93. The van der Waals surface area contributed by atoms with Gasteiger partial charge in [-0.15, -0.1) is 0 Å². The summed E-state index contributed by atoms with van der Waals surface area (Å²) in [6.45, 7) is 0. The zero-order valence-corrected chi connectivity index (χ0v) is 8.57. The summed E-state index contributed by atoms with van der Waals surface area (Å²) in [7, 11) is 0. The molecule has 1 heterocycles. The van der Waals surface area contributed by atoms with Crippen LogP contribution in [0, 0.1) is 0 Å². The van der Waals surface area contributed by atoms with Gasteiger partial charge in [0.25, 0.3) is 0 Å². The maximum absolute atomic E-state index is 5.71. The summed E-state index contributed by atoms with van der Waals surface area (Å²) in [5, 5.41) is 3.37. The van der Waals surface area contributed by atoms with Crippen molar-refractivity contribution >= 4 is 29.1 Å². The highest BCUT2D eigenvalue weighted by atomic mass is 35.5. The van der Waals surface area contributed by atoms with Crippen LogP contribution in [0.5, 0.6) is 0 Å². The molecule has 15 heavy (non-hydrogen) atoms. The number of hydrogen-bond donors (Lipinski definition) is 2. The molecule has 5 heteroatoms. The molecule has 1 aromatic carbocycles. The molecule has 0 aliphatic heterocycles. The highest BCUT2D eigenvalue weighted by Crippen LogP contribution is 2.18. The fourth-order valence-corrected chi connectivity index (χ4v) is 1.18. The van der Waals surface area contributed by atoms with Crippen molar-refractivity contribution in [2.45, 2.75) is 0 Å². The lowest BCUT2D eigenvalue weighted by molar-refractivity contribution is 1.17. The molecule has 0 aliphatic carbocycles. The van der Waals surface area contributed by atoms with Crippen molar-refractivity contribution in [3.63, 3.8) is 0 Å². The van der Waals surface area contributed by atoms with Gasteiger partial charge in [-0.1, -0.05) is 29.8 Å². The largest absolute Gasteiger partial charge is 0.382 e. The van der Waals surface area contributed by atoms with E-state index in [0.29, 0.717) is 11.0 Å². The third-order valence-electron chi connectivity index (χ3n) is 1.80. The summed E-state index contributed by atoms with van der Waals surface area (Å²) in [5.74, 6) is 0.702. The van der Waals surface area contributed by atoms with Gasteiger partial charge in [0.1, 0.15) is 10.8 Å². The van der Waals surface area contributed by atoms with Gasteiger partial charge in [0.15, 0.2) is 0 Å². The number of rotatable bonds is 2. The molecule has 2 rings (SSSR count). The van der Waals surface area contributed by atoms with Crippen LogP contribution < -0.4 is 11.1 Å². The molecule has 76 valence electrons. The molecule has 0 saturated carbocycles. The number of hydrogen-bond acceptors (Lipinski definition) is 4. The number of nitrogens with zero attached hydrogens (tertiary/aromatic N) is 2. The van der Waals surface area contributed by atoms with E-state index in [1.165, 1.54) is 6.20 Å². The monoisotopic (exact) mass is 220 g/mol. The maximum Gasteiger partial charge on any atom is 0.229 e. The molecule has 0 radical (unpaired) electrons. The van der Waals surface area contributed by atoms with Gasteiger partial charge in [0.2, 0.25) is 5.95 Å². The molecular formula is C10H9ClN4. The maximum atomic E-state index is 5.71. The van der Waals surface area contributed by atoms with E-state index in [-0.39, 0.29) is 5.82 Å². The van der Waals surface area contributed by atoms with Gasteiger partial charge in [-0.25, -0.2) is 4.98 Å². The molecule has 0 fully saturated rings. The first kappa shape index (κ1) is 9.73. The molecule has 0 unspecified atom stereocenters. The van der Waals surface area contributed by atoms with E-state index in [1.54, 1.807) is 0 Å². The van der Waals surface area contributed by atoms with Crippen molar-refractivity contribution in [2.24, 2.45) is 0 Å². The minimum Gasteiger partial charge on any atom is -0.382 e. The molecule has 0 bridgehead atoms. The molecule has 0 atom stereocenters. The molecule has 0 saturated heterocycles. The fourth-order valence-electron chi connectivity index (χ4n) is 1.09. The van der Waals surface area contributed by atoms with Crippen molar-refractivity contribution in [1.82, 2.24) is 9.97 Å². The van der Waals surface area contributed by atoms with Crippen molar-refractivity contribution in [2.75, 3.05) is 11.1 Å².